The number of carboxylic acids is 1. The van der Waals surface area contributed by atoms with Gasteiger partial charge in [0.05, 0.1) is 4.90 Å². The van der Waals surface area contributed by atoms with Crippen LogP contribution < -0.4 is 21.7 Å². The highest BCUT2D eigenvalue weighted by Gasteiger charge is 2.12. The summed E-state index contributed by atoms with van der Waals surface area (Å²) in [6.07, 6.45) is 1.12. The third kappa shape index (κ3) is 5.50. The topological polar surface area (TPSA) is 145 Å². The highest BCUT2D eigenvalue weighted by molar-refractivity contribution is 7.90. The minimum Gasteiger partial charge on any atom is -0.476 e. The van der Waals surface area contributed by atoms with Crippen LogP contribution in [0.2, 0.25) is 0 Å². The molecule has 27 heavy (non-hydrogen) atoms. The van der Waals surface area contributed by atoms with Crippen LogP contribution in [0, 0.1) is 11.8 Å². The number of rotatable bonds is 5. The van der Waals surface area contributed by atoms with Crippen molar-refractivity contribution in [2.24, 2.45) is 11.6 Å². The zero-order valence-electron chi connectivity index (χ0n) is 14.3. The molecule has 0 aliphatic rings. The van der Waals surface area contributed by atoms with Gasteiger partial charge in [-0.3, -0.25) is 5.43 Å². The first-order valence-corrected chi connectivity index (χ1v) is 9.39. The lowest BCUT2D eigenvalue weighted by molar-refractivity contribution is -0.132. The van der Waals surface area contributed by atoms with Crippen molar-refractivity contribution in [3.8, 4) is 17.6 Å². The molecule has 9 heteroatoms. The molecule has 6 N–H and O–H groups in total. The molecule has 140 valence electrons. The summed E-state index contributed by atoms with van der Waals surface area (Å²) in [4.78, 5) is 11.1. The first-order valence-electron chi connectivity index (χ1n) is 7.50. The van der Waals surface area contributed by atoms with Gasteiger partial charge in [-0.05, 0) is 36.4 Å². The SMILES string of the molecule is CS(=O)(=O)c1cccc(C#Cc2cccc(O/C(NN)=C(/N)C(=O)O)c2)c1. The second kappa shape index (κ2) is 8.27. The lowest BCUT2D eigenvalue weighted by Crippen LogP contribution is -2.31. The fraction of sp³-hybridized carbons (Fsp3) is 0.0556. The molecule has 0 spiro atoms. The van der Waals surface area contributed by atoms with Crippen molar-refractivity contribution in [1.29, 1.82) is 0 Å². The van der Waals surface area contributed by atoms with Crippen molar-refractivity contribution in [3.05, 3.63) is 71.2 Å². The molecular formula is C18H17N3O5S. The molecule has 0 amide bonds. The molecule has 0 saturated heterocycles. The fourth-order valence-corrected chi connectivity index (χ4v) is 2.63. The number of carbonyl (C=O) groups is 1. The molecule has 0 heterocycles. The van der Waals surface area contributed by atoms with Crippen molar-refractivity contribution < 1.29 is 23.1 Å². The second-order valence-electron chi connectivity index (χ2n) is 5.37. The Balaban J connectivity index is 2.29. The minimum atomic E-state index is -3.32. The van der Waals surface area contributed by atoms with E-state index >= 15 is 0 Å². The van der Waals surface area contributed by atoms with Crippen LogP contribution in [0.1, 0.15) is 11.1 Å². The monoisotopic (exact) mass is 387 g/mol. The Morgan fingerprint density at radius 3 is 2.26 bits per heavy atom. The summed E-state index contributed by atoms with van der Waals surface area (Å²) in [5, 5.41) is 8.88. The van der Waals surface area contributed by atoms with Gasteiger partial charge in [0, 0.05) is 17.4 Å². The number of hydrogen-bond acceptors (Lipinski definition) is 7. The van der Waals surface area contributed by atoms with Crippen molar-refractivity contribution >= 4 is 15.8 Å². The molecule has 0 radical (unpaired) electrons. The molecule has 2 aromatic rings. The van der Waals surface area contributed by atoms with Crippen LogP contribution in [0.4, 0.5) is 0 Å². The van der Waals surface area contributed by atoms with Crippen LogP contribution in [-0.4, -0.2) is 25.7 Å². The van der Waals surface area contributed by atoms with E-state index in [1.54, 1.807) is 36.4 Å². The van der Waals surface area contributed by atoms with Crippen molar-refractivity contribution in [1.82, 2.24) is 5.43 Å². The maximum atomic E-state index is 11.6. The van der Waals surface area contributed by atoms with Crippen LogP contribution >= 0.6 is 0 Å². The number of nitrogens with two attached hydrogens (primary N) is 2. The van der Waals surface area contributed by atoms with Crippen LogP contribution in [0.3, 0.4) is 0 Å². The average molecular weight is 387 g/mol. The summed E-state index contributed by atoms with van der Waals surface area (Å²) in [6, 6.07) is 12.8. The van der Waals surface area contributed by atoms with E-state index in [4.69, 9.17) is 21.4 Å². The number of nitrogens with one attached hydrogen (secondary N) is 1. The average Bonchev–Trinajstić information content (AvgIpc) is 2.63. The van der Waals surface area contributed by atoms with E-state index in [-0.39, 0.29) is 16.5 Å². The van der Waals surface area contributed by atoms with Gasteiger partial charge in [0.1, 0.15) is 5.75 Å². The molecule has 0 bridgehead atoms. The quantitative estimate of drug-likeness (QED) is 0.191. The van der Waals surface area contributed by atoms with E-state index in [0.29, 0.717) is 11.1 Å². The number of hydrogen-bond donors (Lipinski definition) is 4. The van der Waals surface area contributed by atoms with Gasteiger partial charge in [0.25, 0.3) is 0 Å². The predicted octanol–water partition coefficient (Wildman–Crippen LogP) is 0.544. The highest BCUT2D eigenvalue weighted by atomic mass is 32.2. The molecule has 0 aliphatic carbocycles. The van der Waals surface area contributed by atoms with E-state index in [9.17, 15) is 13.2 Å². The Bertz CT molecular complexity index is 1070. The Kier molecular flexibility index (Phi) is 6.07. The largest absolute Gasteiger partial charge is 0.476 e. The number of ether oxygens (including phenoxy) is 1. The Morgan fingerprint density at radius 1 is 1.11 bits per heavy atom. The summed E-state index contributed by atoms with van der Waals surface area (Å²) in [5.41, 5.74) is 7.98. The molecule has 0 unspecified atom stereocenters. The van der Waals surface area contributed by atoms with E-state index in [2.05, 4.69) is 17.3 Å². The molecule has 0 aliphatic heterocycles. The summed E-state index contributed by atoms with van der Waals surface area (Å²) in [7, 11) is -3.32. The molecule has 2 rings (SSSR count). The van der Waals surface area contributed by atoms with Crippen molar-refractivity contribution in [2.45, 2.75) is 4.90 Å². The standard InChI is InChI=1S/C18H17N3O5S/c1-27(24,25)15-7-3-5-13(11-15)9-8-12-4-2-6-14(10-12)26-17(21-20)16(19)18(22)23/h2-7,10-11,21H,19-20H2,1H3,(H,22,23)/b17-16+. The van der Waals surface area contributed by atoms with Crippen LogP contribution in [0.15, 0.2) is 65.0 Å². The highest BCUT2D eigenvalue weighted by Crippen LogP contribution is 2.16. The van der Waals surface area contributed by atoms with Gasteiger partial charge in [-0.1, -0.05) is 24.0 Å². The second-order valence-corrected chi connectivity index (χ2v) is 7.39. The number of aliphatic carboxylic acids is 1. The summed E-state index contributed by atoms with van der Waals surface area (Å²) in [5.74, 6) is 9.55. The summed E-state index contributed by atoms with van der Waals surface area (Å²) < 4.78 is 28.5. The zero-order chi connectivity index (χ0) is 20.0. The van der Waals surface area contributed by atoms with Gasteiger partial charge >= 0.3 is 5.97 Å². The summed E-state index contributed by atoms with van der Waals surface area (Å²) >= 11 is 0. The Morgan fingerprint density at radius 2 is 1.70 bits per heavy atom. The van der Waals surface area contributed by atoms with E-state index in [1.165, 1.54) is 12.1 Å². The van der Waals surface area contributed by atoms with Crippen molar-refractivity contribution in [3.63, 3.8) is 0 Å². The molecule has 0 saturated carbocycles. The Hall–Kier alpha value is -3.48. The third-order valence-corrected chi connectivity index (χ3v) is 4.38. The van der Waals surface area contributed by atoms with Gasteiger partial charge in [0.2, 0.25) is 5.88 Å². The lowest BCUT2D eigenvalue weighted by atomic mass is 10.2. The third-order valence-electron chi connectivity index (χ3n) is 3.27. The smallest absolute Gasteiger partial charge is 0.357 e. The number of carboxylic acid groups (broad SMARTS) is 1. The normalized spacial score (nSPS) is 11.6. The molecule has 0 aromatic heterocycles. The van der Waals surface area contributed by atoms with Gasteiger partial charge < -0.3 is 15.6 Å². The maximum absolute atomic E-state index is 11.6. The first kappa shape index (κ1) is 19.8. The molecular weight excluding hydrogens is 370 g/mol. The van der Waals surface area contributed by atoms with Crippen LogP contribution in [-0.2, 0) is 14.6 Å². The number of benzene rings is 2. The van der Waals surface area contributed by atoms with Crippen LogP contribution in [0.25, 0.3) is 0 Å². The summed E-state index contributed by atoms with van der Waals surface area (Å²) in [6.45, 7) is 0. The van der Waals surface area contributed by atoms with Crippen molar-refractivity contribution in [2.75, 3.05) is 6.26 Å². The molecule has 2 aromatic carbocycles. The Labute approximate surface area is 156 Å². The lowest BCUT2D eigenvalue weighted by Gasteiger charge is -2.10. The predicted molar refractivity (Wildman–Crippen MR) is 98.8 cm³/mol. The van der Waals surface area contributed by atoms with Gasteiger partial charge in [-0.2, -0.15) is 0 Å². The van der Waals surface area contributed by atoms with E-state index in [1.807, 2.05) is 0 Å². The van der Waals surface area contributed by atoms with Gasteiger partial charge in [0.15, 0.2) is 15.5 Å². The van der Waals surface area contributed by atoms with E-state index in [0.717, 1.165) is 6.26 Å². The molecule has 0 fully saturated rings. The fourth-order valence-electron chi connectivity index (χ4n) is 1.96. The van der Waals surface area contributed by atoms with E-state index < -0.39 is 21.5 Å². The maximum Gasteiger partial charge on any atom is 0.357 e. The minimum absolute atomic E-state index is 0.180. The van der Waals surface area contributed by atoms with Gasteiger partial charge in [-0.15, -0.1) is 0 Å². The van der Waals surface area contributed by atoms with Gasteiger partial charge in [-0.25, -0.2) is 19.1 Å². The number of hydrazine groups is 1. The molecule has 8 nitrogen and oxygen atoms in total. The first-order chi connectivity index (χ1) is 12.7. The molecule has 0 atom stereocenters. The van der Waals surface area contributed by atoms with Crippen LogP contribution in [0.5, 0.6) is 5.75 Å². The number of sulfone groups is 1. The zero-order valence-corrected chi connectivity index (χ0v) is 15.1.